The topological polar surface area (TPSA) is 113 Å². The van der Waals surface area contributed by atoms with E-state index in [0.29, 0.717) is 0 Å². The fourth-order valence-corrected chi connectivity index (χ4v) is 6.95. The Morgan fingerprint density at radius 3 is 2.63 bits per heavy atom. The summed E-state index contributed by atoms with van der Waals surface area (Å²) in [6.45, 7) is 4.48. The molecular formula is C21H27N3O5S. The Kier molecular flexibility index (Phi) is 4.91. The van der Waals surface area contributed by atoms with Gasteiger partial charge in [0.25, 0.3) is 0 Å². The van der Waals surface area contributed by atoms with E-state index in [1.807, 2.05) is 18.2 Å². The highest BCUT2D eigenvalue weighted by Gasteiger charge is 2.67. The Labute approximate surface area is 176 Å². The van der Waals surface area contributed by atoms with Crippen molar-refractivity contribution in [1.82, 2.24) is 15.5 Å². The number of carbonyl (C=O) groups excluding carboxylic acids is 3. The van der Waals surface area contributed by atoms with Crippen molar-refractivity contribution in [2.24, 2.45) is 0 Å². The second-order valence-corrected chi connectivity index (χ2v) is 11.6. The van der Waals surface area contributed by atoms with E-state index >= 15 is 0 Å². The van der Waals surface area contributed by atoms with Crippen LogP contribution in [0.1, 0.15) is 57.2 Å². The van der Waals surface area contributed by atoms with E-state index in [1.165, 1.54) is 19.4 Å². The molecule has 1 aliphatic carbocycles. The number of hydrogen-bond acceptors (Lipinski definition) is 5. The maximum absolute atomic E-state index is 12.9. The van der Waals surface area contributed by atoms with Crippen LogP contribution >= 0.6 is 0 Å². The number of benzene rings is 1. The lowest BCUT2D eigenvalue weighted by molar-refractivity contribution is -0.150. The first-order valence-electron chi connectivity index (χ1n) is 10.3. The Morgan fingerprint density at radius 1 is 1.23 bits per heavy atom. The second kappa shape index (κ2) is 7.08. The summed E-state index contributed by atoms with van der Waals surface area (Å²) in [5.74, 6) is -1.31. The SMILES string of the molecule is CC(NC(=O)C1N2C(=O)CC2S(=O)(=O)C1(C)C)C(=O)NC1CCCc2ccccc21. The molecule has 4 atom stereocenters. The number of fused-ring (bicyclic) bond motifs is 2. The molecule has 30 heavy (non-hydrogen) atoms. The third kappa shape index (κ3) is 3.02. The molecule has 0 radical (unpaired) electrons. The van der Waals surface area contributed by atoms with Crippen molar-refractivity contribution in [2.45, 2.75) is 74.7 Å². The zero-order valence-electron chi connectivity index (χ0n) is 17.3. The molecule has 2 aliphatic heterocycles. The molecule has 4 rings (SSSR count). The number of rotatable bonds is 4. The smallest absolute Gasteiger partial charge is 0.245 e. The summed E-state index contributed by atoms with van der Waals surface area (Å²) >= 11 is 0. The molecule has 2 fully saturated rings. The third-order valence-electron chi connectivity index (χ3n) is 6.66. The standard InChI is InChI=1S/C21H27N3O5S/c1-12(19(26)23-15-10-6-8-13-7-4-5-9-14(13)15)22-20(27)18-21(2,3)30(28,29)17-11-16(25)24(17)18/h4-5,7,9,12,15,17-18H,6,8,10-11H2,1-3H3,(H,22,27)(H,23,26). The summed E-state index contributed by atoms with van der Waals surface area (Å²) in [6.07, 6.45) is 2.67. The van der Waals surface area contributed by atoms with Crippen molar-refractivity contribution < 1.29 is 22.8 Å². The molecule has 2 N–H and O–H groups in total. The van der Waals surface area contributed by atoms with Gasteiger partial charge in [-0.3, -0.25) is 14.4 Å². The Bertz CT molecular complexity index is 1020. The van der Waals surface area contributed by atoms with E-state index in [0.717, 1.165) is 29.7 Å². The van der Waals surface area contributed by atoms with Gasteiger partial charge in [-0.2, -0.15) is 0 Å². The van der Waals surface area contributed by atoms with Crippen LogP contribution in [0.2, 0.25) is 0 Å². The molecule has 0 aromatic heterocycles. The third-order valence-corrected chi connectivity index (χ3v) is 9.46. The normalized spacial score (nSPS) is 29.2. The molecule has 0 spiro atoms. The average Bonchev–Trinajstić information content (AvgIpc) is 2.81. The molecule has 3 amide bonds. The van der Waals surface area contributed by atoms with Crippen LogP contribution in [0.3, 0.4) is 0 Å². The number of nitrogens with zero attached hydrogens (tertiary/aromatic N) is 1. The number of sulfone groups is 1. The Balaban J connectivity index is 1.45. The lowest BCUT2D eigenvalue weighted by Crippen LogP contribution is -2.61. The van der Waals surface area contributed by atoms with E-state index in [2.05, 4.69) is 16.7 Å². The van der Waals surface area contributed by atoms with Crippen molar-refractivity contribution >= 4 is 27.6 Å². The molecule has 9 heteroatoms. The molecule has 4 unspecified atom stereocenters. The molecule has 3 aliphatic rings. The first-order chi connectivity index (χ1) is 14.1. The number of hydrogen-bond donors (Lipinski definition) is 2. The van der Waals surface area contributed by atoms with Gasteiger partial charge in [0.2, 0.25) is 17.7 Å². The number of β-lactam (4-membered cyclic amide) rings is 1. The van der Waals surface area contributed by atoms with Crippen LogP contribution in [0.25, 0.3) is 0 Å². The van der Waals surface area contributed by atoms with Gasteiger partial charge < -0.3 is 15.5 Å². The van der Waals surface area contributed by atoms with Gasteiger partial charge in [-0.25, -0.2) is 8.42 Å². The maximum Gasteiger partial charge on any atom is 0.245 e. The molecule has 1 aromatic carbocycles. The van der Waals surface area contributed by atoms with Gasteiger partial charge in [-0.15, -0.1) is 0 Å². The van der Waals surface area contributed by atoms with Crippen LogP contribution in [-0.4, -0.2) is 53.2 Å². The first-order valence-corrected chi connectivity index (χ1v) is 11.8. The van der Waals surface area contributed by atoms with E-state index in [9.17, 15) is 22.8 Å². The molecule has 162 valence electrons. The zero-order chi connectivity index (χ0) is 21.8. The van der Waals surface area contributed by atoms with Crippen LogP contribution in [0, 0.1) is 0 Å². The van der Waals surface area contributed by atoms with Gasteiger partial charge >= 0.3 is 0 Å². The largest absolute Gasteiger partial charge is 0.348 e. The summed E-state index contributed by atoms with van der Waals surface area (Å²) < 4.78 is 24.0. The first kappa shape index (κ1) is 20.8. The summed E-state index contributed by atoms with van der Waals surface area (Å²) in [6, 6.07) is 5.86. The predicted molar refractivity (Wildman–Crippen MR) is 110 cm³/mol. The molecule has 1 aromatic rings. The molecule has 8 nitrogen and oxygen atoms in total. The van der Waals surface area contributed by atoms with Crippen LogP contribution in [0.5, 0.6) is 0 Å². The van der Waals surface area contributed by atoms with Crippen molar-refractivity contribution in [3.63, 3.8) is 0 Å². The lowest BCUT2D eigenvalue weighted by Gasteiger charge is -2.37. The van der Waals surface area contributed by atoms with Crippen molar-refractivity contribution in [3.8, 4) is 0 Å². The average molecular weight is 434 g/mol. The number of amides is 3. The minimum atomic E-state index is -3.66. The Morgan fingerprint density at radius 2 is 1.93 bits per heavy atom. The number of carbonyl (C=O) groups is 3. The van der Waals surface area contributed by atoms with E-state index in [-0.39, 0.29) is 24.3 Å². The van der Waals surface area contributed by atoms with Gasteiger partial charge in [-0.05, 0) is 51.2 Å². The highest BCUT2D eigenvalue weighted by atomic mass is 32.2. The zero-order valence-corrected chi connectivity index (χ0v) is 18.2. The monoisotopic (exact) mass is 433 g/mol. The number of aryl methyl sites for hydroxylation is 1. The quantitative estimate of drug-likeness (QED) is 0.683. The van der Waals surface area contributed by atoms with Gasteiger partial charge in [0.15, 0.2) is 9.84 Å². The van der Waals surface area contributed by atoms with E-state index in [4.69, 9.17) is 0 Å². The van der Waals surface area contributed by atoms with Gasteiger partial charge in [0.1, 0.15) is 17.5 Å². The van der Waals surface area contributed by atoms with E-state index in [1.54, 1.807) is 6.92 Å². The molecule has 2 saturated heterocycles. The lowest BCUT2D eigenvalue weighted by atomic mass is 9.87. The molecule has 0 saturated carbocycles. The predicted octanol–water partition coefficient (Wildman–Crippen LogP) is 0.819. The maximum atomic E-state index is 12.9. The fraction of sp³-hybridized carbons (Fsp3) is 0.571. The summed E-state index contributed by atoms with van der Waals surface area (Å²) in [7, 11) is -3.66. The van der Waals surface area contributed by atoms with Gasteiger partial charge in [0.05, 0.1) is 17.2 Å². The molecule has 2 heterocycles. The fourth-order valence-electron chi connectivity index (χ4n) is 4.81. The van der Waals surface area contributed by atoms with Crippen molar-refractivity contribution in [1.29, 1.82) is 0 Å². The van der Waals surface area contributed by atoms with Gasteiger partial charge in [-0.1, -0.05) is 24.3 Å². The summed E-state index contributed by atoms with van der Waals surface area (Å²) in [5.41, 5.74) is 2.30. The second-order valence-electron chi connectivity index (χ2n) is 8.89. The number of nitrogens with one attached hydrogen (secondary N) is 2. The van der Waals surface area contributed by atoms with Crippen LogP contribution < -0.4 is 10.6 Å². The molecule has 0 bridgehead atoms. The summed E-state index contributed by atoms with van der Waals surface area (Å²) in [5, 5.41) is 4.68. The van der Waals surface area contributed by atoms with Crippen molar-refractivity contribution in [2.75, 3.05) is 0 Å². The highest BCUT2D eigenvalue weighted by molar-refractivity contribution is 7.93. The van der Waals surface area contributed by atoms with Crippen LogP contribution in [-0.2, 0) is 30.6 Å². The molecular weight excluding hydrogens is 406 g/mol. The minimum Gasteiger partial charge on any atom is -0.348 e. The van der Waals surface area contributed by atoms with Crippen LogP contribution in [0.15, 0.2) is 24.3 Å². The van der Waals surface area contributed by atoms with Crippen molar-refractivity contribution in [3.05, 3.63) is 35.4 Å². The van der Waals surface area contributed by atoms with Gasteiger partial charge in [0, 0.05) is 0 Å². The summed E-state index contributed by atoms with van der Waals surface area (Å²) in [4.78, 5) is 38.8. The Hall–Kier alpha value is -2.42. The minimum absolute atomic E-state index is 0.0906. The van der Waals surface area contributed by atoms with E-state index < -0.39 is 37.9 Å². The highest BCUT2D eigenvalue weighted by Crippen LogP contribution is 2.45. The van der Waals surface area contributed by atoms with Crippen LogP contribution in [0.4, 0.5) is 0 Å².